The number of halogens is 3. The van der Waals surface area contributed by atoms with Gasteiger partial charge in [-0.2, -0.15) is 13.2 Å². The number of carbonyl (C=O) groups is 1. The van der Waals surface area contributed by atoms with Crippen molar-refractivity contribution in [3.8, 4) is 17.0 Å². The quantitative estimate of drug-likeness (QED) is 0.188. The number of aromatic nitrogens is 4. The lowest BCUT2D eigenvalue weighted by atomic mass is 10.1. The molecule has 10 nitrogen and oxygen atoms in total. The SMILES string of the molecule is O=C(Nc1cccc(-c2cn3ccnc3c(NCc3ccncc3)n2)c1)Nc1cc(C(F)(F)F)ccc1OCCO. The highest BCUT2D eigenvalue weighted by Crippen LogP contribution is 2.35. The maximum atomic E-state index is 13.3. The number of rotatable bonds is 9. The highest BCUT2D eigenvalue weighted by atomic mass is 19.4. The molecule has 0 fully saturated rings. The third kappa shape index (κ3) is 6.70. The molecule has 3 aromatic heterocycles. The van der Waals surface area contributed by atoms with Crippen LogP contribution in [0.1, 0.15) is 11.1 Å². The fraction of sp³-hybridized carbons (Fsp3) is 0.143. The van der Waals surface area contributed by atoms with Gasteiger partial charge >= 0.3 is 12.2 Å². The van der Waals surface area contributed by atoms with E-state index in [1.807, 2.05) is 22.6 Å². The molecule has 0 saturated heterocycles. The van der Waals surface area contributed by atoms with Crippen LogP contribution in [0.2, 0.25) is 0 Å². The molecule has 0 unspecified atom stereocenters. The summed E-state index contributed by atoms with van der Waals surface area (Å²) in [5.41, 5.74) is 2.14. The summed E-state index contributed by atoms with van der Waals surface area (Å²) < 4.78 is 46.9. The van der Waals surface area contributed by atoms with Gasteiger partial charge in [-0.1, -0.05) is 12.1 Å². The Balaban J connectivity index is 1.36. The number of urea groups is 1. The van der Waals surface area contributed by atoms with E-state index < -0.39 is 17.8 Å². The maximum absolute atomic E-state index is 13.3. The van der Waals surface area contributed by atoms with E-state index >= 15 is 0 Å². The monoisotopic (exact) mass is 563 g/mol. The smallest absolute Gasteiger partial charge is 0.416 e. The molecule has 3 heterocycles. The fourth-order valence-electron chi connectivity index (χ4n) is 4.00. The van der Waals surface area contributed by atoms with Gasteiger partial charge in [0.1, 0.15) is 12.4 Å². The maximum Gasteiger partial charge on any atom is 0.416 e. The average molecular weight is 564 g/mol. The zero-order chi connectivity index (χ0) is 28.8. The fourth-order valence-corrected chi connectivity index (χ4v) is 4.00. The molecule has 5 aromatic rings. The summed E-state index contributed by atoms with van der Waals surface area (Å²) in [6.07, 6.45) is 4.04. The van der Waals surface area contributed by atoms with Crippen molar-refractivity contribution in [3.63, 3.8) is 0 Å². The Morgan fingerprint density at radius 1 is 1.02 bits per heavy atom. The summed E-state index contributed by atoms with van der Waals surface area (Å²) in [6, 6.07) is 12.5. The van der Waals surface area contributed by atoms with Crippen LogP contribution < -0.4 is 20.7 Å². The standard InChI is InChI=1S/C28H24F3N7O3/c29-28(30,31)20-4-5-24(41-13-12-39)22(15-20)37-27(40)35-21-3-1-2-19(14-21)23-17-38-11-10-33-26(38)25(36-23)34-16-18-6-8-32-9-7-18/h1-11,14-15,17,39H,12-13,16H2,(H,34,36)(H2,35,37,40). The molecule has 0 spiro atoms. The van der Waals surface area contributed by atoms with Crippen LogP contribution in [-0.2, 0) is 12.7 Å². The third-order valence-corrected chi connectivity index (χ3v) is 5.90. The van der Waals surface area contributed by atoms with E-state index in [4.69, 9.17) is 14.8 Å². The first-order valence-corrected chi connectivity index (χ1v) is 12.4. The molecule has 0 aliphatic heterocycles. The van der Waals surface area contributed by atoms with Crippen molar-refractivity contribution in [3.05, 3.63) is 96.7 Å². The van der Waals surface area contributed by atoms with Crippen LogP contribution in [0.4, 0.5) is 35.2 Å². The molecular weight excluding hydrogens is 539 g/mol. The normalized spacial score (nSPS) is 11.3. The summed E-state index contributed by atoms with van der Waals surface area (Å²) in [7, 11) is 0. The molecule has 2 aromatic carbocycles. The summed E-state index contributed by atoms with van der Waals surface area (Å²) in [6.45, 7) is -0.000501. The number of aliphatic hydroxyl groups is 1. The zero-order valence-corrected chi connectivity index (χ0v) is 21.4. The van der Waals surface area contributed by atoms with Gasteiger partial charge < -0.3 is 30.2 Å². The summed E-state index contributed by atoms with van der Waals surface area (Å²) in [4.78, 5) is 25.9. The molecule has 4 N–H and O–H groups in total. The number of benzene rings is 2. The van der Waals surface area contributed by atoms with Crippen molar-refractivity contribution in [1.29, 1.82) is 0 Å². The topological polar surface area (TPSA) is 126 Å². The summed E-state index contributed by atoms with van der Waals surface area (Å²) in [5.74, 6) is 0.543. The molecule has 0 atom stereocenters. The van der Waals surface area contributed by atoms with Gasteiger partial charge in [-0.25, -0.2) is 14.8 Å². The van der Waals surface area contributed by atoms with Crippen molar-refractivity contribution >= 4 is 28.9 Å². The Morgan fingerprint density at radius 3 is 2.63 bits per heavy atom. The third-order valence-electron chi connectivity index (χ3n) is 5.90. The number of hydrogen-bond acceptors (Lipinski definition) is 7. The first-order valence-electron chi connectivity index (χ1n) is 12.4. The van der Waals surface area contributed by atoms with E-state index in [2.05, 4.69) is 25.9 Å². The Bertz CT molecular complexity index is 1660. The minimum atomic E-state index is -4.62. The average Bonchev–Trinajstić information content (AvgIpc) is 3.44. The molecule has 0 aliphatic carbocycles. The van der Waals surface area contributed by atoms with E-state index in [0.717, 1.165) is 23.8 Å². The lowest BCUT2D eigenvalue weighted by Gasteiger charge is -2.16. The van der Waals surface area contributed by atoms with Crippen molar-refractivity contribution < 1.29 is 27.8 Å². The number of imidazole rings is 1. The summed E-state index contributed by atoms with van der Waals surface area (Å²) >= 11 is 0. The Morgan fingerprint density at radius 2 is 1.85 bits per heavy atom. The molecule has 13 heteroatoms. The van der Waals surface area contributed by atoms with Gasteiger partial charge in [-0.3, -0.25) is 4.98 Å². The molecule has 0 radical (unpaired) electrons. The zero-order valence-electron chi connectivity index (χ0n) is 21.4. The van der Waals surface area contributed by atoms with E-state index in [-0.39, 0.29) is 24.7 Å². The van der Waals surface area contributed by atoms with E-state index in [0.29, 0.717) is 35.0 Å². The number of pyridine rings is 1. The predicted octanol–water partition coefficient (Wildman–Crippen LogP) is 5.44. The highest BCUT2D eigenvalue weighted by molar-refractivity contribution is 6.01. The Labute approximate surface area is 231 Å². The Hall–Kier alpha value is -5.17. The van der Waals surface area contributed by atoms with Gasteiger partial charge in [-0.15, -0.1) is 0 Å². The van der Waals surface area contributed by atoms with Gasteiger partial charge in [0.2, 0.25) is 0 Å². The number of aliphatic hydroxyl groups excluding tert-OH is 1. The van der Waals surface area contributed by atoms with Gasteiger partial charge in [0, 0.05) is 48.8 Å². The molecule has 41 heavy (non-hydrogen) atoms. The van der Waals surface area contributed by atoms with Crippen molar-refractivity contribution in [1.82, 2.24) is 19.4 Å². The van der Waals surface area contributed by atoms with Crippen LogP contribution in [0, 0.1) is 0 Å². The molecule has 0 bridgehead atoms. The first-order chi connectivity index (χ1) is 19.8. The van der Waals surface area contributed by atoms with Crippen LogP contribution in [-0.4, -0.2) is 43.7 Å². The lowest BCUT2D eigenvalue weighted by Crippen LogP contribution is -2.20. The number of alkyl halides is 3. The van der Waals surface area contributed by atoms with Gasteiger partial charge in [0.25, 0.3) is 0 Å². The minimum absolute atomic E-state index is 0.0134. The molecular formula is C28H24F3N7O3. The predicted molar refractivity (Wildman–Crippen MR) is 147 cm³/mol. The van der Waals surface area contributed by atoms with Crippen LogP contribution >= 0.6 is 0 Å². The van der Waals surface area contributed by atoms with E-state index in [1.54, 1.807) is 49.2 Å². The van der Waals surface area contributed by atoms with Crippen LogP contribution in [0.15, 0.2) is 85.6 Å². The second-order valence-corrected chi connectivity index (χ2v) is 8.78. The minimum Gasteiger partial charge on any atom is -0.489 e. The van der Waals surface area contributed by atoms with Crippen molar-refractivity contribution in [2.24, 2.45) is 0 Å². The van der Waals surface area contributed by atoms with Gasteiger partial charge in [0.05, 0.1) is 23.6 Å². The van der Waals surface area contributed by atoms with Gasteiger partial charge in [-0.05, 0) is 48.0 Å². The van der Waals surface area contributed by atoms with E-state index in [9.17, 15) is 18.0 Å². The largest absolute Gasteiger partial charge is 0.489 e. The first kappa shape index (κ1) is 27.4. The molecule has 2 amide bonds. The lowest BCUT2D eigenvalue weighted by molar-refractivity contribution is -0.137. The van der Waals surface area contributed by atoms with Crippen LogP contribution in [0.25, 0.3) is 16.9 Å². The summed E-state index contributed by atoms with van der Waals surface area (Å²) in [5, 5.41) is 17.4. The van der Waals surface area contributed by atoms with Gasteiger partial charge in [0.15, 0.2) is 11.5 Å². The molecule has 5 rings (SSSR count). The van der Waals surface area contributed by atoms with E-state index in [1.165, 1.54) is 0 Å². The number of nitrogens with one attached hydrogen (secondary N) is 3. The number of ether oxygens (including phenoxy) is 1. The van der Waals surface area contributed by atoms with Crippen molar-refractivity contribution in [2.45, 2.75) is 12.7 Å². The Kier molecular flexibility index (Phi) is 7.97. The second-order valence-electron chi connectivity index (χ2n) is 8.78. The number of fused-ring (bicyclic) bond motifs is 1. The number of amides is 2. The molecule has 210 valence electrons. The number of carbonyl (C=O) groups excluding carboxylic acids is 1. The molecule has 0 saturated carbocycles. The van der Waals surface area contributed by atoms with Crippen LogP contribution in [0.3, 0.4) is 0 Å². The van der Waals surface area contributed by atoms with Crippen LogP contribution in [0.5, 0.6) is 5.75 Å². The number of hydrogen-bond donors (Lipinski definition) is 4. The highest BCUT2D eigenvalue weighted by Gasteiger charge is 2.31. The molecule has 0 aliphatic rings. The van der Waals surface area contributed by atoms with Crippen molar-refractivity contribution in [2.75, 3.05) is 29.2 Å². The second kappa shape index (κ2) is 11.9. The number of anilines is 3. The number of nitrogens with zero attached hydrogens (tertiary/aromatic N) is 4.